The molecule has 2 amide bonds. The van der Waals surface area contributed by atoms with E-state index >= 15 is 0 Å². The number of anilines is 1. The molecule has 2 aromatic rings. The van der Waals surface area contributed by atoms with Crippen LogP contribution in [0.5, 0.6) is 0 Å². The molecule has 0 aliphatic heterocycles. The highest BCUT2D eigenvalue weighted by Gasteiger charge is 2.28. The Hall–Kier alpha value is -2.22. The van der Waals surface area contributed by atoms with E-state index in [1.54, 1.807) is 12.1 Å². The summed E-state index contributed by atoms with van der Waals surface area (Å²) in [5.41, 5.74) is 6.92. The molecule has 27 heavy (non-hydrogen) atoms. The first-order chi connectivity index (χ1) is 12.8. The number of fused-ring (bicyclic) bond motifs is 2. The highest BCUT2D eigenvalue weighted by atomic mass is 32.2. The Kier molecular flexibility index (Phi) is 4.53. The Balaban J connectivity index is 1.56. The number of rotatable bonds is 4. The second-order valence-electron chi connectivity index (χ2n) is 7.50. The second kappa shape index (κ2) is 6.74. The summed E-state index contributed by atoms with van der Waals surface area (Å²) in [5.74, 6) is 0. The van der Waals surface area contributed by atoms with Crippen molar-refractivity contribution in [3.8, 4) is 0 Å². The highest BCUT2D eigenvalue weighted by Crippen LogP contribution is 2.40. The molecule has 0 spiro atoms. The third-order valence-corrected chi connectivity index (χ3v) is 6.61. The van der Waals surface area contributed by atoms with Crippen LogP contribution in [-0.2, 0) is 42.1 Å². The summed E-state index contributed by atoms with van der Waals surface area (Å²) in [6, 6.07) is 8.68. The van der Waals surface area contributed by atoms with Crippen molar-refractivity contribution in [2.45, 2.75) is 37.1 Å². The van der Waals surface area contributed by atoms with E-state index in [1.807, 2.05) is 31.1 Å². The normalized spacial score (nSPS) is 16.4. The molecule has 0 radical (unpaired) electrons. The molecular weight excluding hydrogens is 360 g/mol. The molecule has 2 aliphatic rings. The van der Waals surface area contributed by atoms with Crippen LogP contribution in [-0.4, -0.2) is 29.2 Å². The number of carbonyl (C=O) groups is 1. The van der Waals surface area contributed by atoms with Gasteiger partial charge in [0.05, 0.1) is 4.90 Å². The van der Waals surface area contributed by atoms with Gasteiger partial charge in [0.2, 0.25) is 0 Å². The number of carbonyl (C=O) groups excluding carboxylic acids is 1. The Bertz CT molecular complexity index is 1000. The molecule has 4 rings (SSSR count). The third kappa shape index (κ3) is 3.50. The van der Waals surface area contributed by atoms with Gasteiger partial charge in [-0.15, -0.1) is 4.36 Å². The molecule has 1 unspecified atom stereocenters. The van der Waals surface area contributed by atoms with Crippen molar-refractivity contribution < 1.29 is 9.00 Å². The SMILES string of the molecule is CN(C)Cc1ccc(S(N)(=O)=NC(=O)Nc2c3c(cc4c2CC4)CC3)cc1. The Morgan fingerprint density at radius 1 is 1.11 bits per heavy atom. The van der Waals surface area contributed by atoms with Crippen LogP contribution in [0.25, 0.3) is 0 Å². The lowest BCUT2D eigenvalue weighted by molar-refractivity contribution is 0.260. The summed E-state index contributed by atoms with van der Waals surface area (Å²) >= 11 is 0. The average molecular weight is 385 g/mol. The number of urea groups is 1. The molecule has 0 aromatic heterocycles. The minimum absolute atomic E-state index is 0.356. The molecule has 142 valence electrons. The summed E-state index contributed by atoms with van der Waals surface area (Å²) in [6.07, 6.45) is 4.03. The molecular formula is C20H24N4O2S. The Morgan fingerprint density at radius 3 is 2.19 bits per heavy atom. The van der Waals surface area contributed by atoms with Gasteiger partial charge in [0, 0.05) is 12.2 Å². The molecule has 2 aromatic carbocycles. The van der Waals surface area contributed by atoms with Crippen molar-refractivity contribution in [1.29, 1.82) is 0 Å². The zero-order chi connectivity index (χ0) is 19.2. The minimum atomic E-state index is -3.29. The van der Waals surface area contributed by atoms with Gasteiger partial charge in [-0.1, -0.05) is 18.2 Å². The first-order valence-electron chi connectivity index (χ1n) is 9.09. The first-order valence-corrected chi connectivity index (χ1v) is 10.7. The molecule has 3 N–H and O–H groups in total. The van der Waals surface area contributed by atoms with Gasteiger partial charge < -0.3 is 10.2 Å². The molecule has 6 nitrogen and oxygen atoms in total. The van der Waals surface area contributed by atoms with Crippen molar-refractivity contribution in [2.24, 2.45) is 9.50 Å². The lowest BCUT2D eigenvalue weighted by atomic mass is 9.76. The van der Waals surface area contributed by atoms with Gasteiger partial charge in [-0.25, -0.2) is 14.1 Å². The van der Waals surface area contributed by atoms with Gasteiger partial charge in [-0.3, -0.25) is 0 Å². The number of hydrogen-bond donors (Lipinski definition) is 2. The average Bonchev–Trinajstić information content (AvgIpc) is 2.51. The standard InChI is InChI=1S/C20H24N4O2S/c1-24(2)12-13-3-7-16(8-4-13)27(21,26)23-20(25)22-19-17-9-5-14(17)11-15-6-10-18(15)19/h3-4,7-8,11H,5-6,9-10,12H2,1-2H3,(H3,21,22,23,25,26). The summed E-state index contributed by atoms with van der Waals surface area (Å²) in [7, 11) is 0.671. The van der Waals surface area contributed by atoms with Crippen molar-refractivity contribution in [1.82, 2.24) is 4.90 Å². The number of amides is 2. The van der Waals surface area contributed by atoms with E-state index in [0.29, 0.717) is 4.90 Å². The van der Waals surface area contributed by atoms with Crippen LogP contribution in [0.4, 0.5) is 10.5 Å². The maximum Gasteiger partial charge on any atom is 0.354 e. The predicted molar refractivity (Wildman–Crippen MR) is 107 cm³/mol. The lowest BCUT2D eigenvalue weighted by Crippen LogP contribution is -2.24. The van der Waals surface area contributed by atoms with Gasteiger partial charge in [0.25, 0.3) is 0 Å². The molecule has 0 saturated heterocycles. The van der Waals surface area contributed by atoms with E-state index < -0.39 is 15.9 Å². The van der Waals surface area contributed by atoms with Crippen molar-refractivity contribution in [3.63, 3.8) is 0 Å². The minimum Gasteiger partial charge on any atom is -0.305 e. The largest absolute Gasteiger partial charge is 0.354 e. The number of nitrogens with zero attached hydrogens (tertiary/aromatic N) is 2. The van der Waals surface area contributed by atoms with Crippen LogP contribution in [0.1, 0.15) is 27.8 Å². The lowest BCUT2D eigenvalue weighted by Gasteiger charge is -2.31. The van der Waals surface area contributed by atoms with Crippen LogP contribution in [0, 0.1) is 0 Å². The quantitative estimate of drug-likeness (QED) is 0.850. The van der Waals surface area contributed by atoms with E-state index in [9.17, 15) is 9.00 Å². The molecule has 0 saturated carbocycles. The molecule has 1 atom stereocenters. The third-order valence-electron chi connectivity index (χ3n) is 5.23. The molecule has 7 heteroatoms. The molecule has 0 fully saturated rings. The van der Waals surface area contributed by atoms with Crippen LogP contribution in [0.15, 0.2) is 39.6 Å². The molecule has 0 bridgehead atoms. The fraction of sp³-hybridized carbons (Fsp3) is 0.350. The summed E-state index contributed by atoms with van der Waals surface area (Å²) in [4.78, 5) is 14.8. The Morgan fingerprint density at radius 2 is 1.70 bits per heavy atom. The topological polar surface area (TPSA) is 87.8 Å². The number of nitrogens with two attached hydrogens (primary N) is 1. The molecule has 0 heterocycles. The highest BCUT2D eigenvalue weighted by molar-refractivity contribution is 7.91. The fourth-order valence-electron chi connectivity index (χ4n) is 3.68. The van der Waals surface area contributed by atoms with Crippen LogP contribution in [0.3, 0.4) is 0 Å². The number of hydrogen-bond acceptors (Lipinski definition) is 3. The summed E-state index contributed by atoms with van der Waals surface area (Å²) in [5, 5.41) is 8.75. The number of aryl methyl sites for hydroxylation is 2. The molecule has 2 aliphatic carbocycles. The fourth-order valence-corrected chi connectivity index (χ4v) is 4.61. The summed E-state index contributed by atoms with van der Waals surface area (Å²) in [6.45, 7) is 0.772. The zero-order valence-electron chi connectivity index (χ0n) is 15.6. The van der Waals surface area contributed by atoms with Crippen LogP contribution in [0.2, 0.25) is 0 Å². The zero-order valence-corrected chi connectivity index (χ0v) is 16.4. The monoisotopic (exact) mass is 384 g/mol. The number of benzene rings is 2. The summed E-state index contributed by atoms with van der Waals surface area (Å²) < 4.78 is 16.6. The smallest absolute Gasteiger partial charge is 0.305 e. The van der Waals surface area contributed by atoms with Crippen molar-refractivity contribution >= 4 is 21.6 Å². The van der Waals surface area contributed by atoms with Crippen molar-refractivity contribution in [3.05, 3.63) is 58.1 Å². The van der Waals surface area contributed by atoms with E-state index in [2.05, 4.69) is 15.7 Å². The second-order valence-corrected chi connectivity index (χ2v) is 9.29. The van der Waals surface area contributed by atoms with Crippen LogP contribution < -0.4 is 10.5 Å². The van der Waals surface area contributed by atoms with E-state index in [4.69, 9.17) is 5.14 Å². The van der Waals surface area contributed by atoms with Crippen LogP contribution >= 0.6 is 0 Å². The first kappa shape index (κ1) is 18.2. The maximum atomic E-state index is 12.8. The van der Waals surface area contributed by atoms with Gasteiger partial charge in [-0.2, -0.15) is 0 Å². The van der Waals surface area contributed by atoms with E-state index in [1.165, 1.54) is 22.3 Å². The van der Waals surface area contributed by atoms with Gasteiger partial charge in [0.1, 0.15) is 9.92 Å². The maximum absolute atomic E-state index is 12.8. The van der Waals surface area contributed by atoms with Gasteiger partial charge >= 0.3 is 6.03 Å². The van der Waals surface area contributed by atoms with Gasteiger partial charge in [0.15, 0.2) is 0 Å². The van der Waals surface area contributed by atoms with E-state index in [0.717, 1.165) is 43.5 Å². The Labute approximate surface area is 160 Å². The van der Waals surface area contributed by atoms with E-state index in [-0.39, 0.29) is 0 Å². The predicted octanol–water partition coefficient (Wildman–Crippen LogP) is 2.88. The van der Waals surface area contributed by atoms with Crippen molar-refractivity contribution in [2.75, 3.05) is 19.4 Å². The number of nitrogens with one attached hydrogen (secondary N) is 1. The van der Waals surface area contributed by atoms with Gasteiger partial charge in [-0.05, 0) is 79.7 Å².